The zero-order valence-corrected chi connectivity index (χ0v) is 33.2. The quantitative estimate of drug-likeness (QED) is 0.0729. The summed E-state index contributed by atoms with van der Waals surface area (Å²) in [7, 11) is -13.4. The molecule has 0 aromatic heterocycles. The second-order valence-electron chi connectivity index (χ2n) is 11.6. The third-order valence-electron chi connectivity index (χ3n) is 7.95. The number of aryl methyl sites for hydroxylation is 1. The van der Waals surface area contributed by atoms with E-state index in [1.54, 1.807) is 19.1 Å². The van der Waals surface area contributed by atoms with Crippen LogP contribution in [0.15, 0.2) is 126 Å². The molecule has 5 N–H and O–H groups in total. The molecular weight excluding hydrogens is 790 g/mol. The molecule has 0 fully saturated rings. The van der Waals surface area contributed by atoms with Gasteiger partial charge in [0.25, 0.3) is 30.4 Å². The van der Waals surface area contributed by atoms with Crippen LogP contribution in [0.5, 0.6) is 17.2 Å². The number of phenols is 1. The number of hydrogen-bond donors (Lipinski definition) is 5. The predicted octanol–water partition coefficient (Wildman–Crippen LogP) is 4.41. The number of anilines is 2. The first-order valence-electron chi connectivity index (χ1n) is 15.2. The molecule has 0 saturated heterocycles. The molecule has 0 aliphatic carbocycles. The Morgan fingerprint density at radius 1 is 0.655 bits per heavy atom. The molecule has 0 heterocycles. The molecular formula is C34H26N5NaO12S3. The predicted molar refractivity (Wildman–Crippen MR) is 194 cm³/mol. The number of nitrogens with zero attached hydrogens (tertiary/aromatic N) is 4. The number of phenolic OH excluding ortho intramolecular Hbond substituents is 1. The van der Waals surface area contributed by atoms with Gasteiger partial charge in [0, 0.05) is 28.2 Å². The fourth-order valence-corrected chi connectivity index (χ4v) is 7.14. The number of azo groups is 2. The number of aromatic hydroxyl groups is 1. The molecule has 0 aliphatic rings. The fourth-order valence-electron chi connectivity index (χ4n) is 5.41. The van der Waals surface area contributed by atoms with E-state index in [0.29, 0.717) is 17.3 Å². The van der Waals surface area contributed by atoms with Gasteiger partial charge >= 0.3 is 29.6 Å². The van der Waals surface area contributed by atoms with E-state index in [0.717, 1.165) is 30.0 Å². The van der Waals surface area contributed by atoms with Crippen molar-refractivity contribution in [1.29, 1.82) is 0 Å². The van der Waals surface area contributed by atoms with E-state index in [9.17, 15) is 49.1 Å². The van der Waals surface area contributed by atoms with Gasteiger partial charge in [0.15, 0.2) is 5.75 Å². The molecule has 0 aliphatic heterocycles. The van der Waals surface area contributed by atoms with Gasteiger partial charge < -0.3 is 20.3 Å². The summed E-state index contributed by atoms with van der Waals surface area (Å²) < 4.78 is 107. The van der Waals surface area contributed by atoms with Crippen molar-refractivity contribution < 1.29 is 83.4 Å². The zero-order chi connectivity index (χ0) is 39.2. The molecule has 0 atom stereocenters. The molecule has 17 nitrogen and oxygen atoms in total. The van der Waals surface area contributed by atoms with Crippen LogP contribution >= 0.6 is 0 Å². The van der Waals surface area contributed by atoms with Crippen LogP contribution in [0.25, 0.3) is 21.5 Å². The Labute approximate surface area is 335 Å². The first kappa shape index (κ1) is 41.1. The van der Waals surface area contributed by atoms with Crippen molar-refractivity contribution in [3.05, 3.63) is 96.6 Å². The smallest absolute Gasteiger partial charge is 0.872 e. The Morgan fingerprint density at radius 3 is 1.89 bits per heavy atom. The SMILES string of the molecule is COc1cc(N=Nc2cc(S(=O)(=O)O)cc3cc(S(=O)(=O)O)cc([O-])c23)c(C)cc1N=Nc1c(S(=O)(=O)O)cc2cc(Nc3ccccc3)ccc2c1O.[Na+]. The normalized spacial score (nSPS) is 12.4. The van der Waals surface area contributed by atoms with Gasteiger partial charge in [0.1, 0.15) is 22.0 Å². The average molecular weight is 816 g/mol. The molecule has 0 saturated carbocycles. The molecule has 6 aromatic carbocycles. The maximum absolute atomic E-state index is 12.9. The van der Waals surface area contributed by atoms with Crippen molar-refractivity contribution in [2.75, 3.05) is 12.4 Å². The van der Waals surface area contributed by atoms with E-state index >= 15 is 0 Å². The Bertz CT molecular complexity index is 2900. The molecule has 6 aromatic rings. The van der Waals surface area contributed by atoms with Gasteiger partial charge in [-0.15, -0.1) is 15.3 Å². The third-order valence-corrected chi connectivity index (χ3v) is 10.5. The summed E-state index contributed by atoms with van der Waals surface area (Å²) in [5.74, 6) is -1.54. The Balaban J connectivity index is 0.00000580. The van der Waals surface area contributed by atoms with Crippen molar-refractivity contribution in [1.82, 2.24) is 0 Å². The van der Waals surface area contributed by atoms with Crippen molar-refractivity contribution >= 4 is 86.0 Å². The summed E-state index contributed by atoms with van der Waals surface area (Å²) in [6.07, 6.45) is 0. The minimum atomic E-state index is -4.94. The van der Waals surface area contributed by atoms with Crippen molar-refractivity contribution in [3.63, 3.8) is 0 Å². The first-order chi connectivity index (χ1) is 25.3. The van der Waals surface area contributed by atoms with Crippen molar-refractivity contribution in [3.8, 4) is 17.2 Å². The van der Waals surface area contributed by atoms with Crippen LogP contribution in [0.3, 0.4) is 0 Å². The van der Waals surface area contributed by atoms with Crippen LogP contribution in [0.1, 0.15) is 5.56 Å². The van der Waals surface area contributed by atoms with Crippen LogP contribution in [0, 0.1) is 6.92 Å². The van der Waals surface area contributed by atoms with Crippen LogP contribution in [0.2, 0.25) is 0 Å². The van der Waals surface area contributed by atoms with Crippen LogP contribution in [-0.4, -0.2) is 51.1 Å². The summed E-state index contributed by atoms with van der Waals surface area (Å²) in [6.45, 7) is 1.55. The number of hydrogen-bond acceptors (Lipinski definition) is 14. The zero-order valence-electron chi connectivity index (χ0n) is 28.7. The van der Waals surface area contributed by atoms with E-state index in [1.165, 1.54) is 25.3 Å². The fraction of sp³-hybridized carbons (Fsp3) is 0.0588. The number of methoxy groups -OCH3 is 1. The second kappa shape index (κ2) is 15.6. The molecule has 0 amide bonds. The molecule has 6 rings (SSSR count). The van der Waals surface area contributed by atoms with Gasteiger partial charge in [-0.2, -0.15) is 30.4 Å². The molecule has 21 heteroatoms. The number of nitrogens with one attached hydrogen (secondary N) is 1. The number of benzene rings is 6. The summed E-state index contributed by atoms with van der Waals surface area (Å²) in [4.78, 5) is -2.28. The summed E-state index contributed by atoms with van der Waals surface area (Å²) in [5, 5.41) is 43.2. The summed E-state index contributed by atoms with van der Waals surface area (Å²) in [6, 6.07) is 20.9. The number of fused-ring (bicyclic) bond motifs is 2. The van der Waals surface area contributed by atoms with Gasteiger partial charge in [0.05, 0.1) is 28.3 Å². The standard InChI is InChI=1S/C34H27N5O12S3.Na/c1-18-10-27(37-39-33-31(54(48,49)50)14-19-11-22(8-9-25(19)34(33)41)35-21-6-4-3-5-7-21)30(51-2)17-26(18)36-38-28-15-23(52(42,43)44)12-20-13-24(53(45,46)47)16-29(40)32(20)28;/h3-17,35,40-41H,1-2H3,(H,42,43,44)(H,45,46,47)(H,48,49,50);/q;+1/p-1. The molecule has 55 heavy (non-hydrogen) atoms. The number of rotatable bonds is 10. The molecule has 0 bridgehead atoms. The Morgan fingerprint density at radius 2 is 1.27 bits per heavy atom. The molecule has 0 spiro atoms. The minimum Gasteiger partial charge on any atom is -0.872 e. The van der Waals surface area contributed by atoms with Gasteiger partial charge in [-0.3, -0.25) is 13.7 Å². The molecule has 0 radical (unpaired) electrons. The molecule has 0 unspecified atom stereocenters. The van der Waals surface area contributed by atoms with Crippen LogP contribution in [0.4, 0.5) is 34.1 Å². The average Bonchev–Trinajstić information content (AvgIpc) is 3.09. The third kappa shape index (κ3) is 8.93. The topological polar surface area (TPSA) is 277 Å². The van der Waals surface area contributed by atoms with E-state index in [-0.39, 0.29) is 73.9 Å². The molecule has 278 valence electrons. The van der Waals surface area contributed by atoms with E-state index in [2.05, 4.69) is 25.8 Å². The van der Waals surface area contributed by atoms with Crippen molar-refractivity contribution in [2.45, 2.75) is 21.6 Å². The minimum absolute atomic E-state index is 0. The van der Waals surface area contributed by atoms with Gasteiger partial charge in [-0.05, 0) is 90.0 Å². The maximum atomic E-state index is 12.9. The van der Waals surface area contributed by atoms with Crippen molar-refractivity contribution in [2.24, 2.45) is 20.5 Å². The Kier molecular flexibility index (Phi) is 11.7. The second-order valence-corrected chi connectivity index (χ2v) is 15.8. The van der Waals surface area contributed by atoms with E-state index in [4.69, 9.17) is 4.74 Å². The van der Waals surface area contributed by atoms with Gasteiger partial charge in [-0.25, -0.2) is 0 Å². The monoisotopic (exact) mass is 815 g/mol. The van der Waals surface area contributed by atoms with Crippen LogP contribution < -0.4 is 44.7 Å². The van der Waals surface area contributed by atoms with Gasteiger partial charge in [0.2, 0.25) is 0 Å². The van der Waals surface area contributed by atoms with Crippen LogP contribution in [-0.2, 0) is 30.4 Å². The van der Waals surface area contributed by atoms with Gasteiger partial charge in [-0.1, -0.05) is 23.9 Å². The largest absolute Gasteiger partial charge is 1.00 e. The number of ether oxygens (including phenoxy) is 1. The van der Waals surface area contributed by atoms with E-state index in [1.807, 2.05) is 30.3 Å². The maximum Gasteiger partial charge on any atom is 1.00 e. The summed E-state index contributed by atoms with van der Waals surface area (Å²) >= 11 is 0. The van der Waals surface area contributed by atoms with E-state index < -0.39 is 62.2 Å². The Hall–Kier alpha value is -5.03. The summed E-state index contributed by atoms with van der Waals surface area (Å²) in [5.41, 5.74) is 0.832. The first-order valence-corrected chi connectivity index (χ1v) is 19.5. The number of para-hydroxylation sites is 1.